The van der Waals surface area contributed by atoms with E-state index in [-0.39, 0.29) is 5.97 Å². The molecule has 0 radical (unpaired) electrons. The number of nitrogen functional groups attached to an aromatic ring is 2. The van der Waals surface area contributed by atoms with Gasteiger partial charge in [-0.05, 0) is 67.7 Å². The fourth-order valence-corrected chi connectivity index (χ4v) is 2.70. The Morgan fingerprint density at radius 2 is 1.53 bits per heavy atom. The first-order valence-corrected chi connectivity index (χ1v) is 9.80. The van der Waals surface area contributed by atoms with E-state index in [0.29, 0.717) is 30.2 Å². The van der Waals surface area contributed by atoms with Crippen LogP contribution in [0.25, 0.3) is 6.08 Å². The maximum Gasteiger partial charge on any atom is 0.338 e. The van der Waals surface area contributed by atoms with Gasteiger partial charge in [0.1, 0.15) is 5.75 Å². The van der Waals surface area contributed by atoms with Crippen LogP contribution in [0.1, 0.15) is 41.6 Å². The first-order valence-electron chi connectivity index (χ1n) is 9.80. The lowest BCUT2D eigenvalue weighted by Crippen LogP contribution is -2.08. The molecule has 7 nitrogen and oxygen atoms in total. The number of methoxy groups -OCH3 is 1. The molecule has 2 aromatic carbocycles. The van der Waals surface area contributed by atoms with Gasteiger partial charge in [0.25, 0.3) is 0 Å². The van der Waals surface area contributed by atoms with Gasteiger partial charge >= 0.3 is 11.9 Å². The maximum atomic E-state index is 12.0. The Kier molecular flexibility index (Phi) is 9.24. The molecule has 0 bridgehead atoms. The third kappa shape index (κ3) is 8.26. The highest BCUT2D eigenvalue weighted by Crippen LogP contribution is 2.16. The number of carbonyl (C=O) groups is 2. The van der Waals surface area contributed by atoms with Crippen LogP contribution in [0, 0.1) is 0 Å². The number of esters is 2. The predicted octanol–water partition coefficient (Wildman–Crippen LogP) is 3.83. The van der Waals surface area contributed by atoms with Gasteiger partial charge in [-0.1, -0.05) is 12.1 Å². The second-order valence-electron chi connectivity index (χ2n) is 6.71. The molecule has 0 aliphatic carbocycles. The summed E-state index contributed by atoms with van der Waals surface area (Å²) in [5, 5.41) is 0. The normalized spacial score (nSPS) is 10.7. The molecule has 2 rings (SSSR count). The third-order valence-corrected chi connectivity index (χ3v) is 4.25. The van der Waals surface area contributed by atoms with E-state index in [1.54, 1.807) is 24.3 Å². The lowest BCUT2D eigenvalue weighted by Gasteiger charge is -2.08. The highest BCUT2D eigenvalue weighted by atomic mass is 16.5. The van der Waals surface area contributed by atoms with Crippen LogP contribution in [0.3, 0.4) is 0 Å². The number of unbranched alkanes of at least 4 members (excludes halogenated alkanes) is 3. The number of hydrogen-bond donors (Lipinski definition) is 2. The fraction of sp³-hybridized carbons (Fsp3) is 0.304. The quantitative estimate of drug-likeness (QED) is 0.249. The minimum Gasteiger partial charge on any atom is -0.494 e. The van der Waals surface area contributed by atoms with E-state index in [1.807, 2.05) is 24.3 Å². The van der Waals surface area contributed by atoms with Crippen LogP contribution in [-0.2, 0) is 14.3 Å². The van der Waals surface area contributed by atoms with Crippen LogP contribution in [0.2, 0.25) is 0 Å². The molecule has 30 heavy (non-hydrogen) atoms. The van der Waals surface area contributed by atoms with Gasteiger partial charge in [-0.25, -0.2) is 9.59 Å². The SMILES string of the molecule is COC(=O)C=Cc1ccc(OCCCCCCOC(=O)c2cc(N)cc(N)c2)cc1. The summed E-state index contributed by atoms with van der Waals surface area (Å²) in [6, 6.07) is 12.2. The molecule has 0 aromatic heterocycles. The summed E-state index contributed by atoms with van der Waals surface area (Å²) in [7, 11) is 1.34. The molecule has 0 saturated heterocycles. The summed E-state index contributed by atoms with van der Waals surface area (Å²) < 4.78 is 15.5. The van der Waals surface area contributed by atoms with Crippen molar-refractivity contribution in [2.75, 3.05) is 31.8 Å². The lowest BCUT2D eigenvalue weighted by molar-refractivity contribution is -0.134. The third-order valence-electron chi connectivity index (χ3n) is 4.25. The van der Waals surface area contributed by atoms with Crippen LogP contribution in [0.15, 0.2) is 48.5 Å². The Labute approximate surface area is 176 Å². The van der Waals surface area contributed by atoms with Gasteiger partial charge in [-0.3, -0.25) is 0 Å². The average Bonchev–Trinajstić information content (AvgIpc) is 2.73. The van der Waals surface area contributed by atoms with E-state index < -0.39 is 5.97 Å². The molecule has 0 unspecified atom stereocenters. The van der Waals surface area contributed by atoms with Crippen LogP contribution in [-0.4, -0.2) is 32.3 Å². The molecule has 0 atom stereocenters. The summed E-state index contributed by atoms with van der Waals surface area (Å²) >= 11 is 0. The number of benzene rings is 2. The number of ether oxygens (including phenoxy) is 3. The molecule has 0 aliphatic heterocycles. The number of hydrogen-bond acceptors (Lipinski definition) is 7. The summed E-state index contributed by atoms with van der Waals surface area (Å²) in [4.78, 5) is 23.1. The topological polar surface area (TPSA) is 114 Å². The van der Waals surface area contributed by atoms with Crippen molar-refractivity contribution >= 4 is 29.4 Å². The molecule has 0 heterocycles. The standard InChI is InChI=1S/C23H28N2O5/c1-28-22(26)11-8-17-6-9-21(10-7-17)29-12-4-2-3-5-13-30-23(27)18-14-19(24)16-20(25)15-18/h6-11,14-16H,2-5,12-13,24-25H2,1H3. The molecule has 4 N–H and O–H groups in total. The van der Waals surface area contributed by atoms with Crippen molar-refractivity contribution in [2.45, 2.75) is 25.7 Å². The van der Waals surface area contributed by atoms with Crippen LogP contribution in [0.5, 0.6) is 5.75 Å². The first-order chi connectivity index (χ1) is 14.5. The van der Waals surface area contributed by atoms with E-state index in [1.165, 1.54) is 13.2 Å². The van der Waals surface area contributed by atoms with Crippen molar-refractivity contribution in [3.63, 3.8) is 0 Å². The number of anilines is 2. The molecule has 160 valence electrons. The molecular formula is C23H28N2O5. The minimum absolute atomic E-state index is 0.356. The van der Waals surface area contributed by atoms with Crippen LogP contribution >= 0.6 is 0 Å². The second kappa shape index (κ2) is 12.2. The highest BCUT2D eigenvalue weighted by molar-refractivity contribution is 5.91. The van der Waals surface area contributed by atoms with Gasteiger partial charge in [-0.2, -0.15) is 0 Å². The van der Waals surface area contributed by atoms with E-state index in [0.717, 1.165) is 37.0 Å². The van der Waals surface area contributed by atoms with Crippen molar-refractivity contribution < 1.29 is 23.8 Å². The molecule has 2 aromatic rings. The molecule has 0 saturated carbocycles. The van der Waals surface area contributed by atoms with Gasteiger partial charge in [0.2, 0.25) is 0 Å². The van der Waals surface area contributed by atoms with Crippen molar-refractivity contribution in [3.8, 4) is 5.75 Å². The average molecular weight is 412 g/mol. The zero-order chi connectivity index (χ0) is 21.8. The van der Waals surface area contributed by atoms with Crippen molar-refractivity contribution in [2.24, 2.45) is 0 Å². The first kappa shape index (κ1) is 22.8. The monoisotopic (exact) mass is 412 g/mol. The van der Waals surface area contributed by atoms with E-state index >= 15 is 0 Å². The van der Waals surface area contributed by atoms with Gasteiger partial charge in [0.05, 0.1) is 25.9 Å². The highest BCUT2D eigenvalue weighted by Gasteiger charge is 2.08. The number of carbonyl (C=O) groups excluding carboxylic acids is 2. The fourth-order valence-electron chi connectivity index (χ4n) is 2.70. The summed E-state index contributed by atoms with van der Waals surface area (Å²) in [6.07, 6.45) is 6.66. The number of rotatable bonds is 11. The lowest BCUT2D eigenvalue weighted by atomic mass is 10.2. The Morgan fingerprint density at radius 1 is 0.900 bits per heavy atom. The molecular weight excluding hydrogens is 384 g/mol. The zero-order valence-electron chi connectivity index (χ0n) is 17.1. The maximum absolute atomic E-state index is 12.0. The predicted molar refractivity (Wildman–Crippen MR) is 117 cm³/mol. The largest absolute Gasteiger partial charge is 0.494 e. The molecule has 7 heteroatoms. The van der Waals surface area contributed by atoms with Gasteiger partial charge < -0.3 is 25.7 Å². The zero-order valence-corrected chi connectivity index (χ0v) is 17.1. The molecule has 0 amide bonds. The van der Waals surface area contributed by atoms with E-state index in [4.69, 9.17) is 20.9 Å². The summed E-state index contributed by atoms with van der Waals surface area (Å²) in [5.74, 6) is -0.0256. The Morgan fingerprint density at radius 3 is 2.17 bits per heavy atom. The second-order valence-corrected chi connectivity index (χ2v) is 6.71. The molecule has 0 fully saturated rings. The summed E-state index contributed by atoms with van der Waals surface area (Å²) in [5.41, 5.74) is 13.5. The summed E-state index contributed by atoms with van der Waals surface area (Å²) in [6.45, 7) is 0.967. The Hall–Kier alpha value is -3.48. The van der Waals surface area contributed by atoms with Crippen molar-refractivity contribution in [1.29, 1.82) is 0 Å². The number of nitrogens with two attached hydrogens (primary N) is 2. The van der Waals surface area contributed by atoms with Crippen LogP contribution in [0.4, 0.5) is 11.4 Å². The van der Waals surface area contributed by atoms with Gasteiger partial charge in [-0.15, -0.1) is 0 Å². The van der Waals surface area contributed by atoms with Crippen LogP contribution < -0.4 is 16.2 Å². The van der Waals surface area contributed by atoms with Crippen molar-refractivity contribution in [1.82, 2.24) is 0 Å². The smallest absolute Gasteiger partial charge is 0.338 e. The van der Waals surface area contributed by atoms with Crippen molar-refractivity contribution in [3.05, 3.63) is 59.7 Å². The minimum atomic E-state index is -0.415. The Bertz CT molecular complexity index is 842. The van der Waals surface area contributed by atoms with Gasteiger partial charge in [0.15, 0.2) is 0 Å². The van der Waals surface area contributed by atoms with E-state index in [9.17, 15) is 9.59 Å². The Balaban J connectivity index is 1.56. The van der Waals surface area contributed by atoms with Gasteiger partial charge in [0, 0.05) is 17.5 Å². The molecule has 0 aliphatic rings. The molecule has 0 spiro atoms. The van der Waals surface area contributed by atoms with E-state index in [2.05, 4.69) is 4.74 Å².